The first-order valence-electron chi connectivity index (χ1n) is 7.29. The average molecular weight is 344 g/mol. The Morgan fingerprint density at radius 3 is 2.79 bits per heavy atom. The van der Waals surface area contributed by atoms with Crippen molar-refractivity contribution >= 4 is 28.8 Å². The number of aromatic nitrogens is 3. The molecule has 1 N–H and O–H groups in total. The first-order chi connectivity index (χ1) is 11.6. The molecule has 0 aliphatic rings. The Kier molecular flexibility index (Phi) is 4.66. The van der Waals surface area contributed by atoms with Crippen LogP contribution in [0.25, 0.3) is 11.1 Å². The average Bonchev–Trinajstić information content (AvgIpc) is 2.98. The largest absolute Gasteiger partial charge is 0.350 e. The normalized spacial score (nSPS) is 10.9. The molecule has 2 heterocycles. The molecule has 0 unspecified atom stereocenters. The van der Waals surface area contributed by atoms with E-state index in [9.17, 15) is 9.59 Å². The molecule has 124 valence electrons. The molecule has 0 fully saturated rings. The number of nitrogens with one attached hydrogen (secondary N) is 1. The minimum atomic E-state index is -0.335. The molecule has 0 bridgehead atoms. The number of benzene rings is 1. The van der Waals surface area contributed by atoms with E-state index in [4.69, 9.17) is 4.52 Å². The number of amides is 1. The number of carbonyl (C=O) groups excluding carboxylic acids is 1. The van der Waals surface area contributed by atoms with Gasteiger partial charge in [-0.2, -0.15) is 0 Å². The van der Waals surface area contributed by atoms with Gasteiger partial charge in [-0.15, -0.1) is 11.8 Å². The van der Waals surface area contributed by atoms with Crippen LogP contribution in [0, 0.1) is 6.92 Å². The van der Waals surface area contributed by atoms with Crippen molar-refractivity contribution in [3.05, 3.63) is 52.2 Å². The second-order valence-electron chi connectivity index (χ2n) is 5.25. The van der Waals surface area contributed by atoms with Crippen LogP contribution in [-0.2, 0) is 17.9 Å². The molecule has 7 nitrogen and oxygen atoms in total. The van der Waals surface area contributed by atoms with Gasteiger partial charge in [-0.1, -0.05) is 17.3 Å². The highest BCUT2D eigenvalue weighted by molar-refractivity contribution is 7.98. The zero-order valence-electron chi connectivity index (χ0n) is 13.3. The van der Waals surface area contributed by atoms with Crippen molar-refractivity contribution in [1.29, 1.82) is 0 Å². The summed E-state index contributed by atoms with van der Waals surface area (Å²) < 4.78 is 6.19. The van der Waals surface area contributed by atoms with Crippen molar-refractivity contribution < 1.29 is 9.32 Å². The molecular weight excluding hydrogens is 328 g/mol. The molecule has 0 aliphatic heterocycles. The van der Waals surface area contributed by atoms with Gasteiger partial charge < -0.3 is 9.84 Å². The Hall–Kier alpha value is -2.61. The fourth-order valence-corrected chi connectivity index (χ4v) is 2.69. The Labute approximate surface area is 142 Å². The van der Waals surface area contributed by atoms with Crippen LogP contribution < -0.4 is 10.9 Å². The van der Waals surface area contributed by atoms with Gasteiger partial charge in [-0.05, 0) is 30.9 Å². The van der Waals surface area contributed by atoms with E-state index in [1.54, 1.807) is 18.7 Å². The third-order valence-corrected chi connectivity index (χ3v) is 4.34. The van der Waals surface area contributed by atoms with Crippen molar-refractivity contribution in [3.8, 4) is 0 Å². The standard InChI is InChI=1S/C16H16N4O3S/c1-10-14-15(23-19-10)18-9-20(16(14)22)8-13(21)17-7-11-3-5-12(24-2)6-4-11/h3-6,9H,7-8H2,1-2H3,(H,17,21). The molecule has 3 aromatic rings. The maximum absolute atomic E-state index is 12.3. The lowest BCUT2D eigenvalue weighted by Crippen LogP contribution is -2.32. The van der Waals surface area contributed by atoms with Gasteiger partial charge in [-0.3, -0.25) is 14.2 Å². The van der Waals surface area contributed by atoms with E-state index in [1.807, 2.05) is 30.5 Å². The third-order valence-electron chi connectivity index (χ3n) is 3.60. The molecule has 3 rings (SSSR count). The quantitative estimate of drug-likeness (QED) is 0.709. The molecule has 24 heavy (non-hydrogen) atoms. The summed E-state index contributed by atoms with van der Waals surface area (Å²) in [5.41, 5.74) is 1.31. The Balaban J connectivity index is 1.67. The van der Waals surface area contributed by atoms with Crippen LogP contribution in [0.5, 0.6) is 0 Å². The van der Waals surface area contributed by atoms with Crippen molar-refractivity contribution in [1.82, 2.24) is 20.0 Å². The van der Waals surface area contributed by atoms with Crippen LogP contribution in [0.15, 0.2) is 44.8 Å². The van der Waals surface area contributed by atoms with E-state index < -0.39 is 0 Å². The Morgan fingerprint density at radius 1 is 1.33 bits per heavy atom. The number of nitrogens with zero attached hydrogens (tertiary/aromatic N) is 3. The monoisotopic (exact) mass is 344 g/mol. The molecule has 2 aromatic heterocycles. The SMILES string of the molecule is CSc1ccc(CNC(=O)Cn2cnc3onc(C)c3c2=O)cc1. The van der Waals surface area contributed by atoms with E-state index >= 15 is 0 Å². The van der Waals surface area contributed by atoms with Crippen LogP contribution >= 0.6 is 11.8 Å². The van der Waals surface area contributed by atoms with Gasteiger partial charge in [0.15, 0.2) is 0 Å². The van der Waals surface area contributed by atoms with Crippen LogP contribution in [0.2, 0.25) is 0 Å². The summed E-state index contributed by atoms with van der Waals surface area (Å²) in [6.07, 6.45) is 3.30. The third kappa shape index (κ3) is 3.33. The van der Waals surface area contributed by atoms with Gasteiger partial charge in [0.1, 0.15) is 18.3 Å². The van der Waals surface area contributed by atoms with Crippen LogP contribution in [0.1, 0.15) is 11.3 Å². The highest BCUT2D eigenvalue weighted by Crippen LogP contribution is 2.14. The zero-order chi connectivity index (χ0) is 17.1. The lowest BCUT2D eigenvalue weighted by molar-refractivity contribution is -0.121. The summed E-state index contributed by atoms with van der Waals surface area (Å²) in [4.78, 5) is 29.6. The predicted octanol–water partition coefficient (Wildman–Crippen LogP) is 1.73. The van der Waals surface area contributed by atoms with Crippen molar-refractivity contribution in [3.63, 3.8) is 0 Å². The number of hydrogen-bond donors (Lipinski definition) is 1. The molecule has 8 heteroatoms. The molecule has 0 spiro atoms. The van der Waals surface area contributed by atoms with Gasteiger partial charge in [0, 0.05) is 11.4 Å². The van der Waals surface area contributed by atoms with Gasteiger partial charge in [0.2, 0.25) is 5.91 Å². The van der Waals surface area contributed by atoms with Crippen LogP contribution in [0.3, 0.4) is 0 Å². The van der Waals surface area contributed by atoms with Crippen molar-refractivity contribution in [2.24, 2.45) is 0 Å². The van der Waals surface area contributed by atoms with E-state index in [-0.39, 0.29) is 23.7 Å². The highest BCUT2D eigenvalue weighted by atomic mass is 32.2. The zero-order valence-corrected chi connectivity index (χ0v) is 14.1. The summed E-state index contributed by atoms with van der Waals surface area (Å²) >= 11 is 1.66. The highest BCUT2D eigenvalue weighted by Gasteiger charge is 2.13. The minimum Gasteiger partial charge on any atom is -0.350 e. The summed E-state index contributed by atoms with van der Waals surface area (Å²) in [5, 5.41) is 6.81. The van der Waals surface area contributed by atoms with Crippen molar-refractivity contribution in [2.75, 3.05) is 6.26 Å². The van der Waals surface area contributed by atoms with Crippen molar-refractivity contribution in [2.45, 2.75) is 24.9 Å². The van der Waals surface area contributed by atoms with Gasteiger partial charge in [0.05, 0.1) is 5.69 Å². The molecular formula is C16H16N4O3S. The topological polar surface area (TPSA) is 90.0 Å². The summed E-state index contributed by atoms with van der Waals surface area (Å²) in [6.45, 7) is 1.97. The molecule has 0 aliphatic carbocycles. The number of rotatable bonds is 5. The van der Waals surface area contributed by atoms with Crippen LogP contribution in [0.4, 0.5) is 0 Å². The molecule has 0 saturated carbocycles. The number of aryl methyl sites for hydroxylation is 1. The van der Waals surface area contributed by atoms with Gasteiger partial charge >= 0.3 is 0 Å². The molecule has 0 atom stereocenters. The summed E-state index contributed by atoms with van der Waals surface area (Å²) in [5.74, 6) is -0.263. The second kappa shape index (κ2) is 6.88. The number of fused-ring (bicyclic) bond motifs is 1. The fourth-order valence-electron chi connectivity index (χ4n) is 2.28. The summed E-state index contributed by atoms with van der Waals surface area (Å²) in [7, 11) is 0. The maximum Gasteiger partial charge on any atom is 0.267 e. The van der Waals surface area contributed by atoms with E-state index in [1.165, 1.54) is 15.8 Å². The molecule has 1 amide bonds. The number of thioether (sulfide) groups is 1. The Bertz CT molecular complexity index is 931. The Morgan fingerprint density at radius 2 is 2.08 bits per heavy atom. The maximum atomic E-state index is 12.3. The van der Waals surface area contributed by atoms with Gasteiger partial charge in [-0.25, -0.2) is 4.98 Å². The number of hydrogen-bond acceptors (Lipinski definition) is 6. The van der Waals surface area contributed by atoms with E-state index in [0.717, 1.165) is 5.56 Å². The minimum absolute atomic E-state index is 0.102. The second-order valence-corrected chi connectivity index (χ2v) is 6.13. The fraction of sp³-hybridized carbons (Fsp3) is 0.250. The van der Waals surface area contributed by atoms with Crippen LogP contribution in [-0.4, -0.2) is 26.9 Å². The lowest BCUT2D eigenvalue weighted by atomic mass is 10.2. The molecule has 0 radical (unpaired) electrons. The summed E-state index contributed by atoms with van der Waals surface area (Å²) in [6, 6.07) is 7.94. The predicted molar refractivity (Wildman–Crippen MR) is 90.9 cm³/mol. The molecule has 0 saturated heterocycles. The van der Waals surface area contributed by atoms with E-state index in [0.29, 0.717) is 17.6 Å². The first kappa shape index (κ1) is 16.3. The lowest BCUT2D eigenvalue weighted by Gasteiger charge is -2.07. The van der Waals surface area contributed by atoms with E-state index in [2.05, 4.69) is 15.5 Å². The van der Waals surface area contributed by atoms with Gasteiger partial charge in [0.25, 0.3) is 11.3 Å². The first-order valence-corrected chi connectivity index (χ1v) is 8.52. The number of carbonyl (C=O) groups is 1. The smallest absolute Gasteiger partial charge is 0.267 e. The molecule has 1 aromatic carbocycles.